The van der Waals surface area contributed by atoms with Crippen LogP contribution in [0.15, 0.2) is 29.1 Å². The van der Waals surface area contributed by atoms with Crippen LogP contribution < -0.4 is 4.87 Å². The van der Waals surface area contributed by atoms with Gasteiger partial charge in [0.2, 0.25) is 0 Å². The van der Waals surface area contributed by atoms with E-state index in [0.29, 0.717) is 22.6 Å². The molecule has 0 saturated carbocycles. The highest BCUT2D eigenvalue weighted by Gasteiger charge is 2.17. The molecule has 0 spiro atoms. The van der Waals surface area contributed by atoms with Crippen LogP contribution in [0, 0.1) is 6.92 Å². The minimum atomic E-state index is -1.11. The van der Waals surface area contributed by atoms with Gasteiger partial charge in [0.25, 0.3) is 0 Å². The fourth-order valence-electron chi connectivity index (χ4n) is 1.95. The van der Waals surface area contributed by atoms with Gasteiger partial charge in [-0.1, -0.05) is 23.5 Å². The quantitative estimate of drug-likeness (QED) is 0.870. The van der Waals surface area contributed by atoms with E-state index in [1.807, 2.05) is 0 Å². The first-order valence-electron chi connectivity index (χ1n) is 6.04. The third kappa shape index (κ3) is 3.03. The van der Waals surface area contributed by atoms with E-state index in [1.54, 1.807) is 31.2 Å². The summed E-state index contributed by atoms with van der Waals surface area (Å²) >= 11 is 0.700. The van der Waals surface area contributed by atoms with Crippen molar-refractivity contribution in [2.75, 3.05) is 7.11 Å². The molecular formula is C14H13NO5S. The normalized spacial score (nSPS) is 10.4. The molecule has 0 amide bonds. The van der Waals surface area contributed by atoms with Crippen LogP contribution in [-0.2, 0) is 11.3 Å². The van der Waals surface area contributed by atoms with Gasteiger partial charge in [-0.25, -0.2) is 9.59 Å². The lowest BCUT2D eigenvalue weighted by Gasteiger charge is -2.07. The number of carbonyl (C=O) groups is 2. The number of thiazole rings is 1. The number of carboxylic acids is 1. The first-order valence-corrected chi connectivity index (χ1v) is 6.86. The van der Waals surface area contributed by atoms with Gasteiger partial charge >= 0.3 is 16.8 Å². The van der Waals surface area contributed by atoms with Crippen molar-refractivity contribution >= 4 is 23.3 Å². The lowest BCUT2D eigenvalue weighted by molar-refractivity contribution is 0.0599. The van der Waals surface area contributed by atoms with Gasteiger partial charge in [-0.05, 0) is 24.6 Å². The number of hydrogen-bond donors (Lipinski definition) is 1. The number of esters is 1. The third-order valence-corrected chi connectivity index (χ3v) is 4.10. The zero-order valence-corrected chi connectivity index (χ0v) is 12.3. The predicted molar refractivity (Wildman–Crippen MR) is 77.2 cm³/mol. The van der Waals surface area contributed by atoms with Crippen LogP contribution in [0.5, 0.6) is 0 Å². The topological polar surface area (TPSA) is 85.6 Å². The number of aromatic nitrogens is 1. The Morgan fingerprint density at radius 1 is 1.38 bits per heavy atom. The van der Waals surface area contributed by atoms with Crippen LogP contribution in [0.2, 0.25) is 0 Å². The smallest absolute Gasteiger partial charge is 0.347 e. The summed E-state index contributed by atoms with van der Waals surface area (Å²) in [6, 6.07) is 6.68. The Labute approximate surface area is 124 Å². The van der Waals surface area contributed by atoms with Crippen molar-refractivity contribution in [2.45, 2.75) is 13.5 Å². The van der Waals surface area contributed by atoms with Crippen LogP contribution in [0.3, 0.4) is 0 Å². The molecule has 0 aliphatic heterocycles. The molecule has 0 aliphatic rings. The standard InChI is InChI=1S/C14H13NO5S/c1-8-11(12(16)17)21-14(19)15(8)7-9-4-3-5-10(6-9)13(18)20-2/h3-6H,7H2,1-2H3,(H,16,17). The molecule has 21 heavy (non-hydrogen) atoms. The van der Waals surface area contributed by atoms with Gasteiger partial charge in [-0.3, -0.25) is 9.36 Å². The van der Waals surface area contributed by atoms with Crippen molar-refractivity contribution in [3.05, 3.63) is 55.6 Å². The van der Waals surface area contributed by atoms with Gasteiger partial charge in [-0.15, -0.1) is 0 Å². The fraction of sp³-hybridized carbons (Fsp3) is 0.214. The summed E-state index contributed by atoms with van der Waals surface area (Å²) in [6.45, 7) is 1.80. The van der Waals surface area contributed by atoms with Gasteiger partial charge in [0, 0.05) is 5.69 Å². The highest BCUT2D eigenvalue weighted by molar-refractivity contribution is 7.11. The fourth-order valence-corrected chi connectivity index (χ4v) is 2.79. The van der Waals surface area contributed by atoms with Crippen LogP contribution in [0.4, 0.5) is 0 Å². The number of carbonyl (C=O) groups excluding carboxylic acids is 1. The minimum Gasteiger partial charge on any atom is -0.477 e. The van der Waals surface area contributed by atoms with E-state index < -0.39 is 11.9 Å². The highest BCUT2D eigenvalue weighted by Crippen LogP contribution is 2.14. The molecule has 1 aromatic carbocycles. The molecule has 1 aromatic heterocycles. The predicted octanol–water partition coefficient (Wildman–Crippen LogP) is 1.75. The van der Waals surface area contributed by atoms with Crippen molar-refractivity contribution in [3.8, 4) is 0 Å². The second kappa shape index (κ2) is 5.92. The van der Waals surface area contributed by atoms with Crippen LogP contribution in [0.1, 0.15) is 31.3 Å². The Balaban J connectivity index is 2.37. The number of aromatic carboxylic acids is 1. The molecule has 6 nitrogen and oxygen atoms in total. The van der Waals surface area contributed by atoms with Crippen molar-refractivity contribution in [1.82, 2.24) is 4.57 Å². The monoisotopic (exact) mass is 307 g/mol. The highest BCUT2D eigenvalue weighted by atomic mass is 32.1. The molecule has 2 rings (SSSR count). The number of carboxylic acid groups (broad SMARTS) is 1. The molecule has 0 bridgehead atoms. The van der Waals surface area contributed by atoms with Crippen LogP contribution in [-0.4, -0.2) is 28.7 Å². The minimum absolute atomic E-state index is 0.0316. The Morgan fingerprint density at radius 3 is 2.67 bits per heavy atom. The van der Waals surface area contributed by atoms with Crippen LogP contribution >= 0.6 is 11.3 Å². The Hall–Kier alpha value is -2.41. The van der Waals surface area contributed by atoms with E-state index in [1.165, 1.54) is 11.7 Å². The molecule has 0 atom stereocenters. The maximum atomic E-state index is 11.9. The van der Waals surface area contributed by atoms with Crippen molar-refractivity contribution in [2.24, 2.45) is 0 Å². The Morgan fingerprint density at radius 2 is 2.10 bits per heavy atom. The lowest BCUT2D eigenvalue weighted by atomic mass is 10.1. The summed E-state index contributed by atoms with van der Waals surface area (Å²) in [7, 11) is 1.29. The van der Waals surface area contributed by atoms with Gasteiger partial charge in [0.05, 0.1) is 19.2 Å². The molecule has 0 saturated heterocycles. The number of rotatable bonds is 4. The first-order chi connectivity index (χ1) is 9.93. The molecule has 7 heteroatoms. The van der Waals surface area contributed by atoms with E-state index >= 15 is 0 Å². The largest absolute Gasteiger partial charge is 0.477 e. The number of ether oxygens (including phenoxy) is 1. The molecule has 0 unspecified atom stereocenters. The van der Waals surface area contributed by atoms with Gasteiger partial charge in [-0.2, -0.15) is 0 Å². The summed E-state index contributed by atoms with van der Waals surface area (Å²) in [5.41, 5.74) is 1.51. The Bertz CT molecular complexity index is 759. The molecule has 1 N–H and O–H groups in total. The average molecular weight is 307 g/mol. The second-order valence-corrected chi connectivity index (χ2v) is 5.33. The molecule has 1 heterocycles. The lowest BCUT2D eigenvalue weighted by Crippen LogP contribution is -2.16. The van der Waals surface area contributed by atoms with Gasteiger partial charge in [0.1, 0.15) is 4.88 Å². The molecule has 110 valence electrons. The summed E-state index contributed by atoms with van der Waals surface area (Å²) in [5.74, 6) is -1.57. The average Bonchev–Trinajstić information content (AvgIpc) is 2.75. The third-order valence-electron chi connectivity index (χ3n) is 3.03. The van der Waals surface area contributed by atoms with E-state index in [2.05, 4.69) is 4.74 Å². The van der Waals surface area contributed by atoms with E-state index in [-0.39, 0.29) is 16.3 Å². The first kappa shape index (κ1) is 15.0. The van der Waals surface area contributed by atoms with Gasteiger partial charge < -0.3 is 9.84 Å². The molecular weight excluding hydrogens is 294 g/mol. The molecule has 0 aliphatic carbocycles. The van der Waals surface area contributed by atoms with Crippen molar-refractivity contribution in [1.29, 1.82) is 0 Å². The number of nitrogens with zero attached hydrogens (tertiary/aromatic N) is 1. The van der Waals surface area contributed by atoms with Crippen molar-refractivity contribution < 1.29 is 19.4 Å². The summed E-state index contributed by atoms with van der Waals surface area (Å²) in [6.07, 6.45) is 0. The van der Waals surface area contributed by atoms with E-state index in [0.717, 1.165) is 5.56 Å². The maximum absolute atomic E-state index is 11.9. The molecule has 0 fully saturated rings. The van der Waals surface area contributed by atoms with Gasteiger partial charge in [0.15, 0.2) is 0 Å². The Kier molecular flexibility index (Phi) is 4.23. The van der Waals surface area contributed by atoms with Crippen molar-refractivity contribution in [3.63, 3.8) is 0 Å². The number of benzene rings is 1. The number of hydrogen-bond acceptors (Lipinski definition) is 5. The van der Waals surface area contributed by atoms with E-state index in [4.69, 9.17) is 5.11 Å². The maximum Gasteiger partial charge on any atom is 0.347 e. The molecule has 0 radical (unpaired) electrons. The molecule has 2 aromatic rings. The summed E-state index contributed by atoms with van der Waals surface area (Å²) in [4.78, 5) is 34.1. The summed E-state index contributed by atoms with van der Waals surface area (Å²) in [5, 5.41) is 9.02. The zero-order valence-electron chi connectivity index (χ0n) is 11.5. The second-order valence-electron chi connectivity index (χ2n) is 4.37. The van der Waals surface area contributed by atoms with E-state index in [9.17, 15) is 14.4 Å². The zero-order chi connectivity index (χ0) is 15.6. The SMILES string of the molecule is COC(=O)c1cccc(Cn2c(C)c(C(=O)O)sc2=O)c1. The van der Waals surface area contributed by atoms with Crippen LogP contribution in [0.25, 0.3) is 0 Å². The summed E-state index contributed by atoms with van der Waals surface area (Å²) < 4.78 is 6.02. The number of methoxy groups -OCH3 is 1.